The van der Waals surface area contributed by atoms with E-state index < -0.39 is 17.8 Å². The first-order valence-electron chi connectivity index (χ1n) is 12.2. The van der Waals surface area contributed by atoms with Gasteiger partial charge >= 0.3 is 6.18 Å². The maximum atomic E-state index is 13.4. The van der Waals surface area contributed by atoms with Crippen molar-refractivity contribution in [2.24, 2.45) is 22.4 Å². The van der Waals surface area contributed by atoms with Crippen molar-refractivity contribution in [2.45, 2.75) is 33.0 Å². The number of benzene rings is 1. The van der Waals surface area contributed by atoms with Crippen LogP contribution in [0.5, 0.6) is 0 Å². The molecule has 4 rings (SSSR count). The largest absolute Gasteiger partial charge is 0.416 e. The van der Waals surface area contributed by atoms with Gasteiger partial charge in [0.2, 0.25) is 5.91 Å². The van der Waals surface area contributed by atoms with E-state index in [0.717, 1.165) is 11.8 Å². The molecule has 0 spiro atoms. The van der Waals surface area contributed by atoms with E-state index >= 15 is 0 Å². The number of halogens is 3. The Morgan fingerprint density at radius 2 is 1.86 bits per heavy atom. The van der Waals surface area contributed by atoms with Gasteiger partial charge in [-0.3, -0.25) is 9.79 Å². The third-order valence-corrected chi connectivity index (χ3v) is 7.00. The summed E-state index contributed by atoms with van der Waals surface area (Å²) < 4.78 is 45.3. The standard InChI is InChI=1S/C26H33F3N6O2/c1-15-20(5-4-6-22(15)26(27,28)29)17(3)33-24(31)21-11-19(12-32-23(21)16(2)30)34-7-9-35(10-8-34)25(36)18-13-37-14-18/h4-6,11-12,17-18,32H,7-10,13-14,30H2,1-3H3,(H2,31,33)/b23-16+/t17-/m1/s1. The number of carbonyl (C=O) groups excluding carboxylic acids is 1. The van der Waals surface area contributed by atoms with Gasteiger partial charge in [0.1, 0.15) is 5.84 Å². The van der Waals surface area contributed by atoms with Gasteiger partial charge in [0, 0.05) is 43.6 Å². The minimum Gasteiger partial charge on any atom is -0.401 e. The van der Waals surface area contributed by atoms with Crippen LogP contribution in [0.2, 0.25) is 0 Å². The van der Waals surface area contributed by atoms with Crippen LogP contribution in [-0.2, 0) is 15.7 Å². The van der Waals surface area contributed by atoms with Crippen molar-refractivity contribution in [1.29, 1.82) is 0 Å². The summed E-state index contributed by atoms with van der Waals surface area (Å²) in [7, 11) is 0. The maximum Gasteiger partial charge on any atom is 0.416 e. The maximum absolute atomic E-state index is 13.4. The second-order valence-electron chi connectivity index (χ2n) is 9.58. The first-order chi connectivity index (χ1) is 17.5. The normalized spacial score (nSPS) is 21.5. The number of dihydropyridines is 1. The Labute approximate surface area is 214 Å². The van der Waals surface area contributed by atoms with Gasteiger partial charge in [-0.15, -0.1) is 0 Å². The molecule has 37 heavy (non-hydrogen) atoms. The Balaban J connectivity index is 1.54. The average Bonchev–Trinajstić information content (AvgIpc) is 2.81. The molecule has 3 aliphatic heterocycles. The van der Waals surface area contributed by atoms with E-state index in [-0.39, 0.29) is 23.2 Å². The SMILES string of the molecule is C/C(N)=C1\NC=C(N2CCN(C(=O)C3COC3)CC2)C=C1C(N)=N[C@H](C)c1cccc(C(F)(F)F)c1C. The topological polar surface area (TPSA) is 109 Å². The van der Waals surface area contributed by atoms with Crippen LogP contribution >= 0.6 is 0 Å². The van der Waals surface area contributed by atoms with Crippen LogP contribution in [-0.4, -0.2) is 60.9 Å². The number of carbonyl (C=O) groups is 1. The molecule has 200 valence electrons. The minimum absolute atomic E-state index is 0.0349. The van der Waals surface area contributed by atoms with Gasteiger partial charge < -0.3 is 31.3 Å². The fourth-order valence-corrected chi connectivity index (χ4v) is 4.78. The number of amidine groups is 1. The van der Waals surface area contributed by atoms with Crippen molar-refractivity contribution in [3.63, 3.8) is 0 Å². The first-order valence-corrected chi connectivity index (χ1v) is 12.2. The molecule has 5 N–H and O–H groups in total. The quantitative estimate of drug-likeness (QED) is 0.409. The fourth-order valence-electron chi connectivity index (χ4n) is 4.78. The smallest absolute Gasteiger partial charge is 0.401 e. The molecule has 0 aromatic heterocycles. The van der Waals surface area contributed by atoms with Crippen molar-refractivity contribution < 1.29 is 22.7 Å². The summed E-state index contributed by atoms with van der Waals surface area (Å²) in [5.74, 6) is 0.269. The zero-order valence-corrected chi connectivity index (χ0v) is 21.2. The van der Waals surface area contributed by atoms with Crippen molar-refractivity contribution in [3.05, 3.63) is 69.8 Å². The number of ether oxygens (including phenoxy) is 1. The molecule has 0 bridgehead atoms. The summed E-state index contributed by atoms with van der Waals surface area (Å²) in [6.07, 6.45) is -0.735. The zero-order valence-electron chi connectivity index (χ0n) is 21.2. The lowest BCUT2D eigenvalue weighted by Gasteiger charge is -2.40. The van der Waals surface area contributed by atoms with Crippen LogP contribution < -0.4 is 16.8 Å². The van der Waals surface area contributed by atoms with E-state index in [4.69, 9.17) is 16.2 Å². The van der Waals surface area contributed by atoms with Gasteiger partial charge in [0.05, 0.1) is 42.1 Å². The number of rotatable bonds is 5. The second-order valence-corrected chi connectivity index (χ2v) is 9.58. The van der Waals surface area contributed by atoms with Crippen LogP contribution in [0.3, 0.4) is 0 Å². The summed E-state index contributed by atoms with van der Waals surface area (Å²) in [5.41, 5.74) is 14.9. The average molecular weight is 519 g/mol. The molecule has 1 aromatic rings. The molecule has 0 unspecified atom stereocenters. The lowest BCUT2D eigenvalue weighted by Crippen LogP contribution is -2.53. The summed E-state index contributed by atoms with van der Waals surface area (Å²) in [6.45, 7) is 8.37. The molecule has 2 fully saturated rings. The molecule has 11 heteroatoms. The molecule has 0 aliphatic carbocycles. The highest BCUT2D eigenvalue weighted by Gasteiger charge is 2.34. The molecule has 1 amide bonds. The van der Waals surface area contributed by atoms with Gasteiger partial charge in [-0.25, -0.2) is 0 Å². The van der Waals surface area contributed by atoms with Crippen LogP contribution in [0.15, 0.2) is 58.1 Å². The molecular formula is C26H33F3N6O2. The van der Waals surface area contributed by atoms with Gasteiger partial charge in [0.25, 0.3) is 0 Å². The highest BCUT2D eigenvalue weighted by molar-refractivity contribution is 6.02. The molecule has 1 aromatic carbocycles. The molecule has 2 saturated heterocycles. The van der Waals surface area contributed by atoms with Crippen LogP contribution in [0, 0.1) is 12.8 Å². The number of nitrogens with one attached hydrogen (secondary N) is 1. The van der Waals surface area contributed by atoms with Gasteiger partial charge in [0.15, 0.2) is 0 Å². The summed E-state index contributed by atoms with van der Waals surface area (Å²) in [4.78, 5) is 21.1. The summed E-state index contributed by atoms with van der Waals surface area (Å²) in [5, 5.41) is 3.20. The third kappa shape index (κ3) is 5.61. The number of hydrogen-bond acceptors (Lipinski definition) is 6. The second kappa shape index (κ2) is 10.5. The van der Waals surface area contributed by atoms with Gasteiger partial charge in [-0.2, -0.15) is 13.2 Å². The monoisotopic (exact) mass is 518 g/mol. The molecule has 3 heterocycles. The Kier molecular flexibility index (Phi) is 7.54. The van der Waals surface area contributed by atoms with Gasteiger partial charge in [-0.05, 0) is 44.0 Å². The number of aliphatic imine (C=N–C) groups is 1. The summed E-state index contributed by atoms with van der Waals surface area (Å²) >= 11 is 0. The number of amides is 1. The van der Waals surface area contributed by atoms with E-state index in [9.17, 15) is 18.0 Å². The van der Waals surface area contributed by atoms with E-state index in [1.54, 1.807) is 19.9 Å². The van der Waals surface area contributed by atoms with Crippen molar-refractivity contribution in [1.82, 2.24) is 15.1 Å². The van der Waals surface area contributed by atoms with Crippen molar-refractivity contribution in [2.75, 3.05) is 39.4 Å². The minimum atomic E-state index is -4.45. The fraction of sp³-hybridized carbons (Fsp3) is 0.462. The predicted molar refractivity (Wildman–Crippen MR) is 135 cm³/mol. The molecule has 3 aliphatic rings. The molecule has 0 saturated carbocycles. The Bertz CT molecular complexity index is 1170. The van der Waals surface area contributed by atoms with Gasteiger partial charge in [-0.1, -0.05) is 12.1 Å². The van der Waals surface area contributed by atoms with Crippen molar-refractivity contribution in [3.8, 4) is 0 Å². The Hall–Kier alpha value is -3.47. The van der Waals surface area contributed by atoms with Crippen LogP contribution in [0.25, 0.3) is 0 Å². The third-order valence-electron chi connectivity index (χ3n) is 7.00. The van der Waals surface area contributed by atoms with E-state index in [0.29, 0.717) is 61.9 Å². The van der Waals surface area contributed by atoms with E-state index in [1.807, 2.05) is 17.2 Å². The number of nitrogens with zero attached hydrogens (tertiary/aromatic N) is 3. The first kappa shape index (κ1) is 26.6. The van der Waals surface area contributed by atoms with Crippen molar-refractivity contribution >= 4 is 11.7 Å². The Morgan fingerprint density at radius 3 is 2.43 bits per heavy atom. The molecular weight excluding hydrogens is 485 g/mol. The lowest BCUT2D eigenvalue weighted by atomic mass is 9.97. The number of piperazine rings is 1. The number of nitrogens with two attached hydrogens (primary N) is 2. The molecule has 1 atom stereocenters. The lowest BCUT2D eigenvalue weighted by molar-refractivity contribution is -0.151. The molecule has 8 nitrogen and oxygen atoms in total. The highest BCUT2D eigenvalue weighted by atomic mass is 19.4. The Morgan fingerprint density at radius 1 is 1.19 bits per heavy atom. The van der Waals surface area contributed by atoms with E-state index in [2.05, 4.69) is 15.2 Å². The summed E-state index contributed by atoms with van der Waals surface area (Å²) in [6, 6.07) is 3.47. The predicted octanol–water partition coefficient (Wildman–Crippen LogP) is 2.78. The zero-order chi connectivity index (χ0) is 26.9. The van der Waals surface area contributed by atoms with Crippen LogP contribution in [0.4, 0.5) is 13.2 Å². The van der Waals surface area contributed by atoms with Crippen LogP contribution in [0.1, 0.15) is 36.6 Å². The number of alkyl halides is 3. The number of hydrogen-bond donors (Lipinski definition) is 3. The van der Waals surface area contributed by atoms with E-state index in [1.165, 1.54) is 13.0 Å². The highest BCUT2D eigenvalue weighted by Crippen LogP contribution is 2.35. The molecule has 0 radical (unpaired) electrons. The number of allylic oxidation sites excluding steroid dienone is 2.